The lowest BCUT2D eigenvalue weighted by Gasteiger charge is -2.31. The average molecular weight is 287 g/mol. The summed E-state index contributed by atoms with van der Waals surface area (Å²) in [5, 5.41) is 0. The van der Waals surface area contributed by atoms with Crippen molar-refractivity contribution in [2.45, 2.75) is 45.1 Å². The van der Waals surface area contributed by atoms with Crippen LogP contribution < -0.4 is 4.74 Å². The molecule has 1 aliphatic heterocycles. The van der Waals surface area contributed by atoms with Gasteiger partial charge in [-0.1, -0.05) is 18.9 Å². The van der Waals surface area contributed by atoms with Crippen LogP contribution in [0, 0.1) is 12.8 Å². The number of aryl methyl sites for hydroxylation is 1. The largest absolute Gasteiger partial charge is 0.496 e. The van der Waals surface area contributed by atoms with E-state index in [2.05, 4.69) is 4.90 Å². The summed E-state index contributed by atoms with van der Waals surface area (Å²) in [4.78, 5) is 15.1. The van der Waals surface area contributed by atoms with Crippen LogP contribution in [0.4, 0.5) is 0 Å². The molecule has 1 aromatic carbocycles. The Morgan fingerprint density at radius 1 is 1.29 bits per heavy atom. The molecule has 1 aliphatic carbocycles. The summed E-state index contributed by atoms with van der Waals surface area (Å²) in [7, 11) is 1.64. The highest BCUT2D eigenvalue weighted by Gasteiger charge is 2.36. The second-order valence-corrected chi connectivity index (χ2v) is 6.50. The molecule has 0 spiro atoms. The molecule has 114 valence electrons. The Bertz CT molecular complexity index is 526. The maximum atomic E-state index is 12.6. The summed E-state index contributed by atoms with van der Waals surface area (Å²) in [6.45, 7) is 3.64. The van der Waals surface area contributed by atoms with Gasteiger partial charge in [0.1, 0.15) is 5.75 Å². The number of benzene rings is 1. The molecule has 0 amide bonds. The van der Waals surface area contributed by atoms with Gasteiger partial charge in [-0.15, -0.1) is 0 Å². The minimum Gasteiger partial charge on any atom is -0.496 e. The molecule has 0 aromatic heterocycles. The minimum atomic E-state index is 0.193. The first-order valence-electron chi connectivity index (χ1n) is 8.11. The van der Waals surface area contributed by atoms with E-state index in [9.17, 15) is 4.79 Å². The Hall–Kier alpha value is -1.35. The number of nitrogens with zero attached hydrogens (tertiary/aromatic N) is 1. The van der Waals surface area contributed by atoms with Gasteiger partial charge in [0.2, 0.25) is 0 Å². The molecule has 2 aliphatic rings. The number of ketones is 1. The summed E-state index contributed by atoms with van der Waals surface area (Å²) in [5.41, 5.74) is 1.85. The van der Waals surface area contributed by atoms with E-state index in [-0.39, 0.29) is 5.78 Å². The van der Waals surface area contributed by atoms with Gasteiger partial charge < -0.3 is 4.74 Å². The predicted octanol–water partition coefficient (Wildman–Crippen LogP) is 3.45. The fourth-order valence-corrected chi connectivity index (χ4v) is 4.00. The second-order valence-electron chi connectivity index (χ2n) is 6.50. The summed E-state index contributed by atoms with van der Waals surface area (Å²) in [6, 6.07) is 6.48. The van der Waals surface area contributed by atoms with Crippen LogP contribution in [-0.2, 0) is 0 Å². The summed E-state index contributed by atoms with van der Waals surface area (Å²) < 4.78 is 5.38. The van der Waals surface area contributed by atoms with Crippen molar-refractivity contribution in [1.29, 1.82) is 0 Å². The second kappa shape index (κ2) is 6.18. The third-order valence-electron chi connectivity index (χ3n) is 5.13. The van der Waals surface area contributed by atoms with Gasteiger partial charge >= 0.3 is 0 Å². The molecule has 1 saturated carbocycles. The van der Waals surface area contributed by atoms with Crippen LogP contribution in [-0.4, -0.2) is 36.9 Å². The maximum absolute atomic E-state index is 12.6. The Morgan fingerprint density at radius 3 is 2.90 bits per heavy atom. The summed E-state index contributed by atoms with van der Waals surface area (Å²) in [5.74, 6) is 1.73. The number of carbonyl (C=O) groups excluding carboxylic acids is 1. The van der Waals surface area contributed by atoms with Crippen molar-refractivity contribution in [3.8, 4) is 5.75 Å². The molecule has 3 rings (SSSR count). The van der Waals surface area contributed by atoms with Gasteiger partial charge in [0.15, 0.2) is 5.78 Å². The van der Waals surface area contributed by atoms with Gasteiger partial charge in [-0.25, -0.2) is 0 Å². The lowest BCUT2D eigenvalue weighted by Crippen LogP contribution is -2.38. The summed E-state index contributed by atoms with van der Waals surface area (Å²) >= 11 is 0. The lowest BCUT2D eigenvalue weighted by molar-refractivity contribution is 0.0893. The molecule has 0 bridgehead atoms. The fourth-order valence-electron chi connectivity index (χ4n) is 4.00. The molecule has 1 heterocycles. The Balaban J connectivity index is 1.72. The zero-order valence-electron chi connectivity index (χ0n) is 13.1. The number of methoxy groups -OCH3 is 1. The van der Waals surface area contributed by atoms with Gasteiger partial charge in [-0.3, -0.25) is 9.69 Å². The first-order chi connectivity index (χ1) is 10.2. The molecule has 1 saturated heterocycles. The van der Waals surface area contributed by atoms with Crippen LogP contribution >= 0.6 is 0 Å². The molecule has 2 fully saturated rings. The molecule has 3 heteroatoms. The Morgan fingerprint density at radius 2 is 2.10 bits per heavy atom. The number of ether oxygens (including phenoxy) is 1. The van der Waals surface area contributed by atoms with E-state index in [0.29, 0.717) is 18.3 Å². The molecule has 0 radical (unpaired) electrons. The molecule has 3 nitrogen and oxygen atoms in total. The van der Waals surface area contributed by atoms with Gasteiger partial charge in [0.05, 0.1) is 19.2 Å². The van der Waals surface area contributed by atoms with E-state index in [4.69, 9.17) is 4.74 Å². The molecule has 0 N–H and O–H groups in total. The van der Waals surface area contributed by atoms with Crippen molar-refractivity contribution in [2.75, 3.05) is 20.2 Å². The zero-order valence-corrected chi connectivity index (χ0v) is 13.1. The number of carbonyl (C=O) groups is 1. The Labute approximate surface area is 127 Å². The van der Waals surface area contributed by atoms with Crippen molar-refractivity contribution in [3.63, 3.8) is 0 Å². The number of Topliss-reactive ketones (excluding diaryl/α,β-unsaturated/α-hetero) is 1. The molecule has 2 atom stereocenters. The maximum Gasteiger partial charge on any atom is 0.180 e. The highest BCUT2D eigenvalue weighted by Crippen LogP contribution is 2.36. The SMILES string of the molecule is COc1cc(C)ccc1C(=O)CN1CCC2CCCCC21. The molecular formula is C18H25NO2. The van der Waals surface area contributed by atoms with Crippen LogP contribution in [0.1, 0.15) is 48.0 Å². The van der Waals surface area contributed by atoms with E-state index in [0.717, 1.165) is 23.6 Å². The van der Waals surface area contributed by atoms with E-state index >= 15 is 0 Å². The molecular weight excluding hydrogens is 262 g/mol. The zero-order chi connectivity index (χ0) is 14.8. The third-order valence-corrected chi connectivity index (χ3v) is 5.13. The highest BCUT2D eigenvalue weighted by atomic mass is 16.5. The first-order valence-corrected chi connectivity index (χ1v) is 8.11. The normalized spacial score (nSPS) is 25.6. The quantitative estimate of drug-likeness (QED) is 0.794. The van der Waals surface area contributed by atoms with E-state index in [1.54, 1.807) is 7.11 Å². The average Bonchev–Trinajstić information content (AvgIpc) is 2.90. The van der Waals surface area contributed by atoms with Crippen LogP contribution in [0.5, 0.6) is 5.75 Å². The van der Waals surface area contributed by atoms with Gasteiger partial charge in [0, 0.05) is 6.04 Å². The smallest absolute Gasteiger partial charge is 0.180 e. The standard InChI is InChI=1S/C18H25NO2/c1-13-7-8-15(18(11-13)21-2)17(20)12-19-10-9-14-5-3-4-6-16(14)19/h7-8,11,14,16H,3-6,9-10,12H2,1-2H3. The number of fused-ring (bicyclic) bond motifs is 1. The van der Waals surface area contributed by atoms with Crippen LogP contribution in [0.2, 0.25) is 0 Å². The summed E-state index contributed by atoms with van der Waals surface area (Å²) in [6.07, 6.45) is 6.57. The minimum absolute atomic E-state index is 0.193. The lowest BCUT2D eigenvalue weighted by atomic mass is 9.85. The van der Waals surface area contributed by atoms with Crippen molar-refractivity contribution < 1.29 is 9.53 Å². The van der Waals surface area contributed by atoms with E-state index in [1.165, 1.54) is 32.1 Å². The van der Waals surface area contributed by atoms with Crippen molar-refractivity contribution in [1.82, 2.24) is 4.90 Å². The fraction of sp³-hybridized carbons (Fsp3) is 0.611. The van der Waals surface area contributed by atoms with Crippen LogP contribution in [0.3, 0.4) is 0 Å². The molecule has 1 aromatic rings. The van der Waals surface area contributed by atoms with Gasteiger partial charge in [0.25, 0.3) is 0 Å². The predicted molar refractivity (Wildman–Crippen MR) is 84.0 cm³/mol. The van der Waals surface area contributed by atoms with Crippen molar-refractivity contribution >= 4 is 5.78 Å². The third kappa shape index (κ3) is 2.98. The Kier molecular flexibility index (Phi) is 4.29. The monoisotopic (exact) mass is 287 g/mol. The van der Waals surface area contributed by atoms with Crippen LogP contribution in [0.15, 0.2) is 18.2 Å². The topological polar surface area (TPSA) is 29.5 Å². The van der Waals surface area contributed by atoms with Crippen molar-refractivity contribution in [2.24, 2.45) is 5.92 Å². The number of hydrogen-bond donors (Lipinski definition) is 0. The molecule has 21 heavy (non-hydrogen) atoms. The van der Waals surface area contributed by atoms with Crippen LogP contribution in [0.25, 0.3) is 0 Å². The van der Waals surface area contributed by atoms with E-state index in [1.807, 2.05) is 25.1 Å². The van der Waals surface area contributed by atoms with Gasteiger partial charge in [-0.2, -0.15) is 0 Å². The number of rotatable bonds is 4. The molecule has 2 unspecified atom stereocenters. The highest BCUT2D eigenvalue weighted by molar-refractivity contribution is 6.00. The van der Waals surface area contributed by atoms with Crippen molar-refractivity contribution in [3.05, 3.63) is 29.3 Å². The first kappa shape index (κ1) is 14.6. The number of likely N-dealkylation sites (tertiary alicyclic amines) is 1. The van der Waals surface area contributed by atoms with Gasteiger partial charge in [-0.05, 0) is 56.3 Å². The van der Waals surface area contributed by atoms with E-state index < -0.39 is 0 Å². The number of hydrogen-bond acceptors (Lipinski definition) is 3.